The Labute approximate surface area is 213 Å². The molecule has 2 fully saturated rings. The smallest absolute Gasteiger partial charge is 0.368 e. The lowest BCUT2D eigenvalue weighted by Crippen LogP contribution is -2.54. The Bertz CT molecular complexity index is 1100. The predicted molar refractivity (Wildman–Crippen MR) is 132 cm³/mol. The number of rotatable bonds is 7. The van der Waals surface area contributed by atoms with Crippen molar-refractivity contribution >= 4 is 23.4 Å². The summed E-state index contributed by atoms with van der Waals surface area (Å²) in [5.74, 6) is -1.23. The van der Waals surface area contributed by atoms with Gasteiger partial charge in [0.15, 0.2) is 0 Å². The second-order valence-corrected chi connectivity index (χ2v) is 9.16. The molecule has 37 heavy (non-hydrogen) atoms. The van der Waals surface area contributed by atoms with E-state index in [9.17, 15) is 27.6 Å². The molecule has 0 aromatic heterocycles. The van der Waals surface area contributed by atoms with Gasteiger partial charge in [-0.3, -0.25) is 19.3 Å². The Morgan fingerprint density at radius 2 is 1.65 bits per heavy atom. The number of alkyl halides is 3. The number of nitrogens with zero attached hydrogens (tertiary/aromatic N) is 3. The Hall–Kier alpha value is -3.60. The van der Waals surface area contributed by atoms with Crippen LogP contribution in [-0.2, 0) is 15.8 Å². The van der Waals surface area contributed by atoms with E-state index in [4.69, 9.17) is 0 Å². The fourth-order valence-electron chi connectivity index (χ4n) is 4.64. The number of hydrogen-bond donors (Lipinski definition) is 2. The minimum Gasteiger partial charge on any atom is -0.368 e. The number of nitrogens with one attached hydrogen (secondary N) is 2. The molecular weight excluding hydrogens is 487 g/mol. The summed E-state index contributed by atoms with van der Waals surface area (Å²) in [7, 11) is 0. The van der Waals surface area contributed by atoms with Gasteiger partial charge < -0.3 is 20.4 Å². The van der Waals surface area contributed by atoms with Gasteiger partial charge in [-0.05, 0) is 43.2 Å². The molecule has 3 amide bonds. The van der Waals surface area contributed by atoms with E-state index in [2.05, 4.69) is 27.7 Å². The number of carbonyl (C=O) groups is 3. The van der Waals surface area contributed by atoms with E-state index < -0.39 is 23.6 Å². The summed E-state index contributed by atoms with van der Waals surface area (Å²) in [5, 5.41) is 5.18. The molecule has 2 aliphatic rings. The molecule has 2 saturated heterocycles. The zero-order chi connectivity index (χ0) is 26.4. The van der Waals surface area contributed by atoms with E-state index in [1.165, 1.54) is 6.07 Å². The van der Waals surface area contributed by atoms with Crippen LogP contribution in [-0.4, -0.2) is 79.5 Å². The molecule has 0 saturated carbocycles. The molecule has 0 aliphatic carbocycles. The van der Waals surface area contributed by atoms with E-state index in [0.717, 1.165) is 43.4 Å². The lowest BCUT2D eigenvalue weighted by atomic mass is 10.1. The van der Waals surface area contributed by atoms with Crippen molar-refractivity contribution in [1.29, 1.82) is 0 Å². The molecular formula is C26H30F3N5O3. The third-order valence-corrected chi connectivity index (χ3v) is 6.64. The lowest BCUT2D eigenvalue weighted by molar-refractivity contribution is -0.137. The number of amides is 3. The molecule has 2 aliphatic heterocycles. The second kappa shape index (κ2) is 11.6. The molecule has 8 nitrogen and oxygen atoms in total. The maximum atomic E-state index is 12.9. The molecule has 1 atom stereocenters. The summed E-state index contributed by atoms with van der Waals surface area (Å²) in [5.41, 5.74) is 0.0255. The highest BCUT2D eigenvalue weighted by Gasteiger charge is 2.32. The van der Waals surface area contributed by atoms with Crippen molar-refractivity contribution in [1.82, 2.24) is 20.4 Å². The van der Waals surface area contributed by atoms with E-state index in [1.807, 2.05) is 28.0 Å². The van der Waals surface area contributed by atoms with Crippen molar-refractivity contribution in [2.75, 3.05) is 50.7 Å². The first kappa shape index (κ1) is 26.5. The summed E-state index contributed by atoms with van der Waals surface area (Å²) < 4.78 is 38.6. The van der Waals surface area contributed by atoms with Crippen molar-refractivity contribution in [2.24, 2.45) is 0 Å². The first-order chi connectivity index (χ1) is 17.7. The summed E-state index contributed by atoms with van der Waals surface area (Å²) in [4.78, 5) is 43.6. The Morgan fingerprint density at radius 3 is 2.35 bits per heavy atom. The zero-order valence-corrected chi connectivity index (χ0v) is 20.3. The lowest BCUT2D eigenvalue weighted by Gasteiger charge is -2.37. The maximum absolute atomic E-state index is 12.9. The van der Waals surface area contributed by atoms with E-state index in [-0.39, 0.29) is 30.7 Å². The van der Waals surface area contributed by atoms with Gasteiger partial charge in [0, 0.05) is 44.0 Å². The van der Waals surface area contributed by atoms with Gasteiger partial charge >= 0.3 is 6.18 Å². The highest BCUT2D eigenvalue weighted by molar-refractivity contribution is 5.96. The van der Waals surface area contributed by atoms with Crippen LogP contribution in [0.2, 0.25) is 0 Å². The standard InChI is InChI=1S/C26H30F3N5O3/c27-26(28,29)20-7-4-6-19(16-20)25(37)30-17-23(35)31-22-10-5-11-34(22)18-24(36)33-14-12-32(13-15-33)21-8-2-1-3-9-21/h1-4,6-9,16,22H,5,10-15,17-18H2,(H,30,37)(H,31,35). The molecule has 4 rings (SSSR count). The summed E-state index contributed by atoms with van der Waals surface area (Å²) in [6.45, 7) is 3.22. The third kappa shape index (κ3) is 7.00. The summed E-state index contributed by atoms with van der Waals surface area (Å²) in [6.07, 6.45) is -3.42. The van der Waals surface area contributed by atoms with Gasteiger partial charge in [-0.2, -0.15) is 13.2 Å². The number of piperazine rings is 1. The van der Waals surface area contributed by atoms with Crippen molar-refractivity contribution in [3.05, 3.63) is 65.7 Å². The molecule has 2 heterocycles. The van der Waals surface area contributed by atoms with E-state index in [0.29, 0.717) is 26.1 Å². The van der Waals surface area contributed by atoms with Crippen LogP contribution in [0.5, 0.6) is 0 Å². The van der Waals surface area contributed by atoms with Crippen LogP contribution in [0.3, 0.4) is 0 Å². The average Bonchev–Trinajstić information content (AvgIpc) is 3.33. The molecule has 198 valence electrons. The van der Waals surface area contributed by atoms with Gasteiger partial charge in [-0.15, -0.1) is 0 Å². The second-order valence-electron chi connectivity index (χ2n) is 9.16. The monoisotopic (exact) mass is 517 g/mol. The minimum absolute atomic E-state index is 0.00621. The van der Waals surface area contributed by atoms with E-state index in [1.54, 1.807) is 0 Å². The number of hydrogen-bond acceptors (Lipinski definition) is 5. The molecule has 11 heteroatoms. The minimum atomic E-state index is -4.56. The number of benzene rings is 2. The number of para-hydroxylation sites is 1. The summed E-state index contributed by atoms with van der Waals surface area (Å²) in [6, 6.07) is 14.1. The number of halogens is 3. The average molecular weight is 518 g/mol. The van der Waals surface area contributed by atoms with Gasteiger partial charge in [0.25, 0.3) is 5.91 Å². The molecule has 0 bridgehead atoms. The predicted octanol–water partition coefficient (Wildman–Crippen LogP) is 2.32. The van der Waals surface area contributed by atoms with Crippen LogP contribution in [0.25, 0.3) is 0 Å². The largest absolute Gasteiger partial charge is 0.416 e. The quantitative estimate of drug-likeness (QED) is 0.589. The van der Waals surface area contributed by atoms with Crippen LogP contribution in [0.1, 0.15) is 28.8 Å². The van der Waals surface area contributed by atoms with Crippen molar-refractivity contribution in [3.8, 4) is 0 Å². The number of carbonyl (C=O) groups excluding carboxylic acids is 3. The van der Waals surface area contributed by atoms with E-state index >= 15 is 0 Å². The number of likely N-dealkylation sites (tertiary alicyclic amines) is 1. The molecule has 0 radical (unpaired) electrons. The molecule has 0 spiro atoms. The van der Waals surface area contributed by atoms with Crippen LogP contribution < -0.4 is 15.5 Å². The Morgan fingerprint density at radius 1 is 0.919 bits per heavy atom. The molecule has 2 aromatic carbocycles. The Balaban J connectivity index is 1.22. The normalized spacial score (nSPS) is 18.5. The molecule has 1 unspecified atom stereocenters. The van der Waals surface area contributed by atoms with Gasteiger partial charge in [-0.1, -0.05) is 24.3 Å². The topological polar surface area (TPSA) is 85.0 Å². The van der Waals surface area contributed by atoms with Crippen LogP contribution in [0.4, 0.5) is 18.9 Å². The highest BCUT2D eigenvalue weighted by Crippen LogP contribution is 2.29. The summed E-state index contributed by atoms with van der Waals surface area (Å²) >= 11 is 0. The fraction of sp³-hybridized carbons (Fsp3) is 0.423. The highest BCUT2D eigenvalue weighted by atomic mass is 19.4. The first-order valence-electron chi connectivity index (χ1n) is 12.3. The fourth-order valence-corrected chi connectivity index (χ4v) is 4.64. The van der Waals surface area contributed by atoms with Crippen molar-refractivity contribution in [3.63, 3.8) is 0 Å². The van der Waals surface area contributed by atoms with Crippen LogP contribution >= 0.6 is 0 Å². The molecule has 2 aromatic rings. The number of anilines is 1. The Kier molecular flexibility index (Phi) is 8.32. The van der Waals surface area contributed by atoms with Gasteiger partial charge in [0.1, 0.15) is 0 Å². The maximum Gasteiger partial charge on any atom is 0.416 e. The van der Waals surface area contributed by atoms with Gasteiger partial charge in [0.05, 0.1) is 24.8 Å². The first-order valence-corrected chi connectivity index (χ1v) is 12.3. The zero-order valence-electron chi connectivity index (χ0n) is 20.3. The molecule has 2 N–H and O–H groups in total. The van der Waals surface area contributed by atoms with Crippen molar-refractivity contribution in [2.45, 2.75) is 25.2 Å². The van der Waals surface area contributed by atoms with Crippen molar-refractivity contribution < 1.29 is 27.6 Å². The SMILES string of the molecule is O=C(CNC(=O)c1cccc(C(F)(F)F)c1)NC1CCCN1CC(=O)N1CCN(c2ccccc2)CC1. The van der Waals surface area contributed by atoms with Gasteiger partial charge in [-0.25, -0.2) is 0 Å². The van der Waals surface area contributed by atoms with Crippen LogP contribution in [0.15, 0.2) is 54.6 Å². The third-order valence-electron chi connectivity index (χ3n) is 6.64. The van der Waals surface area contributed by atoms with Gasteiger partial charge in [0.2, 0.25) is 11.8 Å². The van der Waals surface area contributed by atoms with Crippen LogP contribution in [0, 0.1) is 0 Å².